The van der Waals surface area contributed by atoms with E-state index in [0.717, 1.165) is 12.8 Å². The number of carboxylic acid groups (broad SMARTS) is 1. The molecule has 0 atom stereocenters. The smallest absolute Gasteiger partial charge is 0.354 e. The van der Waals surface area contributed by atoms with Crippen LogP contribution in [0.4, 0.5) is 0 Å². The Hall–Kier alpha value is -1.95. The van der Waals surface area contributed by atoms with Crippen molar-refractivity contribution in [3.8, 4) is 0 Å². The third-order valence-corrected chi connectivity index (χ3v) is 3.58. The third-order valence-electron chi connectivity index (χ3n) is 3.58. The minimum Gasteiger partial charge on any atom is -0.477 e. The fourth-order valence-corrected chi connectivity index (χ4v) is 2.11. The zero-order valence-electron chi connectivity index (χ0n) is 11.4. The highest BCUT2D eigenvalue weighted by Crippen LogP contribution is 2.28. The number of nitrogens with one attached hydrogen (secondary N) is 1. The van der Waals surface area contributed by atoms with Crippen molar-refractivity contribution in [2.45, 2.75) is 19.8 Å². The molecule has 20 heavy (non-hydrogen) atoms. The van der Waals surface area contributed by atoms with Crippen LogP contribution in [0.1, 0.15) is 40.7 Å². The molecule has 1 aromatic heterocycles. The number of amides is 1. The van der Waals surface area contributed by atoms with Crippen LogP contribution in [0.2, 0.25) is 0 Å². The summed E-state index contributed by atoms with van der Waals surface area (Å²) in [5.41, 5.74) is 0.0219. The number of carboxylic acids is 1. The van der Waals surface area contributed by atoms with Gasteiger partial charge in [0, 0.05) is 19.8 Å². The standard InChI is InChI=1S/C14H18N2O4/c1-14(5-7-20-8-6-14)9-15-12(17)10-3-2-4-11(16-10)13(18)19/h2-4H,5-9H2,1H3,(H,15,17)(H,18,19). The minimum absolute atomic E-state index is 0.0261. The van der Waals surface area contributed by atoms with Gasteiger partial charge in [-0.15, -0.1) is 0 Å². The molecule has 1 aliphatic heterocycles. The molecule has 1 saturated heterocycles. The minimum atomic E-state index is -1.14. The molecule has 1 fully saturated rings. The Morgan fingerprint density at radius 3 is 2.65 bits per heavy atom. The summed E-state index contributed by atoms with van der Waals surface area (Å²) in [6.07, 6.45) is 1.80. The maximum absolute atomic E-state index is 12.0. The molecule has 2 N–H and O–H groups in total. The highest BCUT2D eigenvalue weighted by Gasteiger charge is 2.28. The predicted octanol–water partition coefficient (Wildman–Crippen LogP) is 1.33. The summed E-state index contributed by atoms with van der Waals surface area (Å²) in [6.45, 7) is 4.06. The van der Waals surface area contributed by atoms with Crippen LogP contribution in [-0.2, 0) is 4.74 Å². The van der Waals surface area contributed by atoms with Crippen LogP contribution in [0.25, 0.3) is 0 Å². The molecule has 1 aliphatic rings. The van der Waals surface area contributed by atoms with Gasteiger partial charge in [-0.25, -0.2) is 9.78 Å². The molecule has 6 nitrogen and oxygen atoms in total. The molecule has 0 unspecified atom stereocenters. The topological polar surface area (TPSA) is 88.5 Å². The van der Waals surface area contributed by atoms with Crippen LogP contribution in [0.3, 0.4) is 0 Å². The van der Waals surface area contributed by atoms with Crippen molar-refractivity contribution in [3.05, 3.63) is 29.6 Å². The number of pyridine rings is 1. The highest BCUT2D eigenvalue weighted by molar-refractivity contribution is 5.94. The van der Waals surface area contributed by atoms with E-state index in [1.54, 1.807) is 0 Å². The Labute approximate surface area is 117 Å². The van der Waals surface area contributed by atoms with E-state index < -0.39 is 5.97 Å². The van der Waals surface area contributed by atoms with Crippen LogP contribution in [-0.4, -0.2) is 41.7 Å². The maximum Gasteiger partial charge on any atom is 0.354 e. The van der Waals surface area contributed by atoms with Gasteiger partial charge in [-0.05, 0) is 30.4 Å². The lowest BCUT2D eigenvalue weighted by Gasteiger charge is -2.33. The van der Waals surface area contributed by atoms with E-state index in [4.69, 9.17) is 9.84 Å². The van der Waals surface area contributed by atoms with E-state index >= 15 is 0 Å². The molecule has 0 aromatic carbocycles. The number of carbonyl (C=O) groups is 2. The second-order valence-electron chi connectivity index (χ2n) is 5.32. The first-order valence-corrected chi connectivity index (χ1v) is 6.56. The number of rotatable bonds is 4. The van der Waals surface area contributed by atoms with Gasteiger partial charge in [0.25, 0.3) is 5.91 Å². The van der Waals surface area contributed by atoms with E-state index in [0.29, 0.717) is 19.8 Å². The quantitative estimate of drug-likeness (QED) is 0.867. The normalized spacial score (nSPS) is 17.4. The second-order valence-corrected chi connectivity index (χ2v) is 5.32. The summed E-state index contributed by atoms with van der Waals surface area (Å²) in [5, 5.41) is 11.7. The summed E-state index contributed by atoms with van der Waals surface area (Å²) < 4.78 is 5.31. The molecule has 0 bridgehead atoms. The molecule has 0 spiro atoms. The number of ether oxygens (including phenoxy) is 1. The van der Waals surface area contributed by atoms with Gasteiger partial charge in [0.05, 0.1) is 0 Å². The van der Waals surface area contributed by atoms with Gasteiger partial charge in [0.1, 0.15) is 11.4 Å². The summed E-state index contributed by atoms with van der Waals surface area (Å²) in [7, 11) is 0. The summed E-state index contributed by atoms with van der Waals surface area (Å²) in [4.78, 5) is 26.7. The molecule has 1 amide bonds. The first-order chi connectivity index (χ1) is 9.50. The molecule has 0 radical (unpaired) electrons. The van der Waals surface area contributed by atoms with Gasteiger partial charge in [0.15, 0.2) is 0 Å². The number of nitrogens with zero attached hydrogens (tertiary/aromatic N) is 1. The molecular weight excluding hydrogens is 260 g/mol. The zero-order chi connectivity index (χ0) is 14.6. The Balaban J connectivity index is 1.98. The number of aromatic nitrogens is 1. The van der Waals surface area contributed by atoms with Crippen molar-refractivity contribution in [2.75, 3.05) is 19.8 Å². The Bertz CT molecular complexity index is 510. The molecule has 1 aromatic rings. The molecule has 0 aliphatic carbocycles. The van der Waals surface area contributed by atoms with Gasteiger partial charge >= 0.3 is 5.97 Å². The predicted molar refractivity (Wildman–Crippen MR) is 71.7 cm³/mol. The van der Waals surface area contributed by atoms with E-state index in [-0.39, 0.29) is 22.7 Å². The third kappa shape index (κ3) is 3.54. The lowest BCUT2D eigenvalue weighted by Crippen LogP contribution is -2.39. The summed E-state index contributed by atoms with van der Waals surface area (Å²) in [6, 6.07) is 4.38. The van der Waals surface area contributed by atoms with Gasteiger partial charge < -0.3 is 15.2 Å². The van der Waals surface area contributed by atoms with Crippen molar-refractivity contribution < 1.29 is 19.4 Å². The number of hydrogen-bond acceptors (Lipinski definition) is 4. The monoisotopic (exact) mass is 278 g/mol. The Morgan fingerprint density at radius 1 is 1.35 bits per heavy atom. The van der Waals surface area contributed by atoms with Crippen LogP contribution >= 0.6 is 0 Å². The average Bonchev–Trinajstić information content (AvgIpc) is 2.46. The first kappa shape index (κ1) is 14.5. The molecule has 2 rings (SSSR count). The molecule has 108 valence electrons. The Kier molecular flexibility index (Phi) is 4.34. The second kappa shape index (κ2) is 6.00. The van der Waals surface area contributed by atoms with Gasteiger partial charge in [-0.1, -0.05) is 13.0 Å². The van der Waals surface area contributed by atoms with Crippen LogP contribution in [0.15, 0.2) is 18.2 Å². The van der Waals surface area contributed by atoms with Crippen LogP contribution in [0.5, 0.6) is 0 Å². The van der Waals surface area contributed by atoms with Crippen molar-refractivity contribution >= 4 is 11.9 Å². The van der Waals surface area contributed by atoms with E-state index in [9.17, 15) is 9.59 Å². The summed E-state index contributed by atoms with van der Waals surface area (Å²) >= 11 is 0. The van der Waals surface area contributed by atoms with Crippen molar-refractivity contribution in [2.24, 2.45) is 5.41 Å². The first-order valence-electron chi connectivity index (χ1n) is 6.56. The van der Waals surface area contributed by atoms with Crippen molar-refractivity contribution in [3.63, 3.8) is 0 Å². The van der Waals surface area contributed by atoms with Gasteiger partial charge in [-0.2, -0.15) is 0 Å². The van der Waals surface area contributed by atoms with Crippen molar-refractivity contribution in [1.29, 1.82) is 0 Å². The molecule has 6 heteroatoms. The van der Waals surface area contributed by atoms with Crippen molar-refractivity contribution in [1.82, 2.24) is 10.3 Å². The number of carbonyl (C=O) groups excluding carboxylic acids is 1. The number of hydrogen-bond donors (Lipinski definition) is 2. The fraction of sp³-hybridized carbons (Fsp3) is 0.500. The van der Waals surface area contributed by atoms with E-state index in [2.05, 4.69) is 17.2 Å². The SMILES string of the molecule is CC1(CNC(=O)c2cccc(C(=O)O)n2)CCOCC1. The average molecular weight is 278 g/mol. The van der Waals surface area contributed by atoms with Gasteiger partial charge in [0.2, 0.25) is 0 Å². The maximum atomic E-state index is 12.0. The zero-order valence-corrected chi connectivity index (χ0v) is 11.4. The summed E-state index contributed by atoms with van der Waals surface area (Å²) in [5.74, 6) is -1.49. The van der Waals surface area contributed by atoms with Gasteiger partial charge in [-0.3, -0.25) is 4.79 Å². The molecule has 2 heterocycles. The molecule has 0 saturated carbocycles. The highest BCUT2D eigenvalue weighted by atomic mass is 16.5. The number of aromatic carboxylic acids is 1. The Morgan fingerprint density at radius 2 is 2.00 bits per heavy atom. The largest absolute Gasteiger partial charge is 0.477 e. The van der Waals surface area contributed by atoms with E-state index in [1.165, 1.54) is 18.2 Å². The van der Waals surface area contributed by atoms with E-state index in [1.807, 2.05) is 0 Å². The lowest BCUT2D eigenvalue weighted by molar-refractivity contribution is 0.0238. The van der Waals surface area contributed by atoms with Crippen LogP contribution < -0.4 is 5.32 Å². The van der Waals surface area contributed by atoms with Crippen LogP contribution in [0, 0.1) is 5.41 Å². The fourth-order valence-electron chi connectivity index (χ4n) is 2.11. The molecular formula is C14H18N2O4. The lowest BCUT2D eigenvalue weighted by atomic mass is 9.82.